The third kappa shape index (κ3) is 2.65. The third-order valence-electron chi connectivity index (χ3n) is 3.78. The van der Waals surface area contributed by atoms with E-state index in [9.17, 15) is 0 Å². The summed E-state index contributed by atoms with van der Waals surface area (Å²) >= 11 is 6.29. The highest BCUT2D eigenvalue weighted by Gasteiger charge is 2.21. The van der Waals surface area contributed by atoms with Gasteiger partial charge in [0.05, 0.1) is 16.4 Å². The number of methoxy groups -OCH3 is 1. The molecule has 0 aliphatic rings. The summed E-state index contributed by atoms with van der Waals surface area (Å²) in [5.74, 6) is 0. The molecule has 3 aromatic rings. The van der Waals surface area contributed by atoms with E-state index in [1.807, 2.05) is 61.5 Å². The van der Waals surface area contributed by atoms with E-state index in [-0.39, 0.29) is 6.10 Å². The minimum absolute atomic E-state index is 0.176. The van der Waals surface area contributed by atoms with Gasteiger partial charge in [-0.1, -0.05) is 60.1 Å². The second kappa shape index (κ2) is 6.34. The van der Waals surface area contributed by atoms with Crippen LogP contribution >= 0.6 is 11.6 Å². The van der Waals surface area contributed by atoms with E-state index in [0.29, 0.717) is 5.02 Å². The minimum Gasteiger partial charge on any atom is -0.370 e. The van der Waals surface area contributed by atoms with Crippen LogP contribution in [0.15, 0.2) is 54.6 Å². The number of rotatable bonds is 4. The number of hydrogen-bond donors (Lipinski definition) is 1. The molecule has 0 saturated heterocycles. The van der Waals surface area contributed by atoms with Crippen LogP contribution in [-0.4, -0.2) is 17.3 Å². The zero-order valence-corrected chi connectivity index (χ0v) is 13.3. The van der Waals surface area contributed by atoms with Gasteiger partial charge in [-0.05, 0) is 18.6 Å². The maximum atomic E-state index is 6.29. The quantitative estimate of drug-likeness (QED) is 0.753. The summed E-state index contributed by atoms with van der Waals surface area (Å²) in [6, 6.07) is 17.8. The number of hydrogen-bond acceptors (Lipinski definition) is 2. The van der Waals surface area contributed by atoms with Crippen LogP contribution < -0.4 is 0 Å². The van der Waals surface area contributed by atoms with Gasteiger partial charge in [-0.25, -0.2) is 0 Å². The Kier molecular flexibility index (Phi) is 4.27. The van der Waals surface area contributed by atoms with Gasteiger partial charge in [-0.3, -0.25) is 5.10 Å². The molecule has 1 N–H and O–H groups in total. The van der Waals surface area contributed by atoms with Gasteiger partial charge >= 0.3 is 0 Å². The zero-order chi connectivity index (χ0) is 15.5. The van der Waals surface area contributed by atoms with E-state index in [1.165, 1.54) is 0 Å². The highest BCUT2D eigenvalue weighted by atomic mass is 35.5. The highest BCUT2D eigenvalue weighted by molar-refractivity contribution is 6.33. The molecule has 2 aromatic carbocycles. The fourth-order valence-corrected chi connectivity index (χ4v) is 2.86. The first-order chi connectivity index (χ1) is 10.7. The molecule has 0 fully saturated rings. The van der Waals surface area contributed by atoms with Crippen LogP contribution in [0.3, 0.4) is 0 Å². The maximum Gasteiger partial charge on any atom is 0.124 e. The molecule has 0 saturated carbocycles. The molecule has 1 atom stereocenters. The average Bonchev–Trinajstić information content (AvgIpc) is 2.92. The van der Waals surface area contributed by atoms with Crippen LogP contribution in [0.25, 0.3) is 11.3 Å². The molecule has 0 amide bonds. The van der Waals surface area contributed by atoms with E-state index in [1.54, 1.807) is 7.11 Å². The Morgan fingerprint density at radius 3 is 2.41 bits per heavy atom. The molecule has 4 heteroatoms. The predicted molar refractivity (Wildman–Crippen MR) is 89.1 cm³/mol. The number of benzene rings is 2. The van der Waals surface area contributed by atoms with E-state index in [4.69, 9.17) is 16.3 Å². The van der Waals surface area contributed by atoms with Crippen molar-refractivity contribution in [2.24, 2.45) is 0 Å². The summed E-state index contributed by atoms with van der Waals surface area (Å²) < 4.78 is 5.68. The molecule has 0 aliphatic heterocycles. The molecule has 3 nitrogen and oxygen atoms in total. The lowest BCUT2D eigenvalue weighted by Crippen LogP contribution is -2.05. The van der Waals surface area contributed by atoms with E-state index < -0.39 is 0 Å². The van der Waals surface area contributed by atoms with Crippen LogP contribution in [-0.2, 0) is 4.74 Å². The van der Waals surface area contributed by atoms with Gasteiger partial charge < -0.3 is 4.74 Å². The smallest absolute Gasteiger partial charge is 0.124 e. The molecule has 1 heterocycles. The van der Waals surface area contributed by atoms with Crippen molar-refractivity contribution in [1.82, 2.24) is 10.2 Å². The molecule has 1 aromatic heterocycles. The van der Waals surface area contributed by atoms with Crippen LogP contribution in [0.2, 0.25) is 5.02 Å². The molecular formula is C18H17ClN2O. The standard InChI is InChI=1S/C18H17ClN2O/c1-12-16(14-10-6-7-11-15(14)19)20-21-17(12)18(22-2)13-8-4-3-5-9-13/h3-11,18H,1-2H3,(H,20,21). The SMILES string of the molecule is COC(c1ccccc1)c1[nH]nc(-c2ccccc2Cl)c1C. The molecule has 1 unspecified atom stereocenters. The molecule has 112 valence electrons. The average molecular weight is 313 g/mol. The lowest BCUT2D eigenvalue weighted by atomic mass is 10.0. The Labute approximate surface area is 134 Å². The monoisotopic (exact) mass is 312 g/mol. The van der Waals surface area contributed by atoms with Crippen molar-refractivity contribution in [1.29, 1.82) is 0 Å². The second-order valence-electron chi connectivity index (χ2n) is 5.12. The first-order valence-electron chi connectivity index (χ1n) is 7.10. The molecule has 0 aliphatic carbocycles. The number of nitrogens with zero attached hydrogens (tertiary/aromatic N) is 1. The van der Waals surface area contributed by atoms with Crippen LogP contribution in [0, 0.1) is 6.92 Å². The Hall–Kier alpha value is -2.10. The molecule has 22 heavy (non-hydrogen) atoms. The first kappa shape index (κ1) is 14.8. The van der Waals surface area contributed by atoms with Crippen molar-refractivity contribution in [2.45, 2.75) is 13.0 Å². The van der Waals surface area contributed by atoms with E-state index >= 15 is 0 Å². The highest BCUT2D eigenvalue weighted by Crippen LogP contribution is 2.34. The van der Waals surface area contributed by atoms with Crippen molar-refractivity contribution >= 4 is 11.6 Å². The van der Waals surface area contributed by atoms with Gasteiger partial charge in [-0.15, -0.1) is 0 Å². The van der Waals surface area contributed by atoms with Crippen molar-refractivity contribution in [3.05, 3.63) is 76.4 Å². The van der Waals surface area contributed by atoms with Crippen molar-refractivity contribution < 1.29 is 4.74 Å². The van der Waals surface area contributed by atoms with Gasteiger partial charge in [0.25, 0.3) is 0 Å². The Morgan fingerprint density at radius 2 is 1.73 bits per heavy atom. The topological polar surface area (TPSA) is 37.9 Å². The fourth-order valence-electron chi connectivity index (χ4n) is 2.63. The maximum absolute atomic E-state index is 6.29. The minimum atomic E-state index is -0.176. The van der Waals surface area contributed by atoms with Crippen molar-refractivity contribution in [3.8, 4) is 11.3 Å². The molecule has 3 rings (SSSR count). The number of aromatic amines is 1. The third-order valence-corrected chi connectivity index (χ3v) is 4.11. The molecule has 0 spiro atoms. The lowest BCUT2D eigenvalue weighted by molar-refractivity contribution is 0.132. The zero-order valence-electron chi connectivity index (χ0n) is 12.5. The number of halogens is 1. The first-order valence-corrected chi connectivity index (χ1v) is 7.47. The summed E-state index contributed by atoms with van der Waals surface area (Å²) in [4.78, 5) is 0. The lowest BCUT2D eigenvalue weighted by Gasteiger charge is -2.15. The van der Waals surface area contributed by atoms with Gasteiger partial charge in [0.15, 0.2) is 0 Å². The number of ether oxygens (including phenoxy) is 1. The molecule has 0 bridgehead atoms. The normalized spacial score (nSPS) is 12.3. The van der Waals surface area contributed by atoms with Crippen LogP contribution in [0.5, 0.6) is 0 Å². The Morgan fingerprint density at radius 1 is 1.05 bits per heavy atom. The number of nitrogens with one attached hydrogen (secondary N) is 1. The largest absolute Gasteiger partial charge is 0.370 e. The van der Waals surface area contributed by atoms with Crippen molar-refractivity contribution in [3.63, 3.8) is 0 Å². The Bertz CT molecular complexity index is 768. The van der Waals surface area contributed by atoms with E-state index in [0.717, 1.165) is 28.1 Å². The van der Waals surface area contributed by atoms with Gasteiger partial charge in [0.2, 0.25) is 0 Å². The van der Waals surface area contributed by atoms with Crippen LogP contribution in [0.4, 0.5) is 0 Å². The second-order valence-corrected chi connectivity index (χ2v) is 5.52. The summed E-state index contributed by atoms with van der Waals surface area (Å²) in [6.07, 6.45) is -0.176. The van der Waals surface area contributed by atoms with Gasteiger partial charge in [0.1, 0.15) is 6.10 Å². The number of aromatic nitrogens is 2. The molecule has 0 radical (unpaired) electrons. The van der Waals surface area contributed by atoms with Gasteiger partial charge in [-0.2, -0.15) is 5.10 Å². The summed E-state index contributed by atoms with van der Waals surface area (Å²) in [5.41, 5.74) is 4.86. The van der Waals surface area contributed by atoms with Crippen LogP contribution in [0.1, 0.15) is 22.9 Å². The van der Waals surface area contributed by atoms with Gasteiger partial charge in [0, 0.05) is 18.2 Å². The predicted octanol–water partition coefficient (Wildman–Crippen LogP) is 4.77. The van der Waals surface area contributed by atoms with Crippen molar-refractivity contribution in [2.75, 3.05) is 7.11 Å². The summed E-state index contributed by atoms with van der Waals surface area (Å²) in [6.45, 7) is 2.03. The Balaban J connectivity index is 2.05. The van der Waals surface area contributed by atoms with E-state index in [2.05, 4.69) is 10.2 Å². The summed E-state index contributed by atoms with van der Waals surface area (Å²) in [5, 5.41) is 8.26. The molecular weight excluding hydrogens is 296 g/mol. The summed E-state index contributed by atoms with van der Waals surface area (Å²) in [7, 11) is 1.70. The number of H-pyrrole nitrogens is 1. The fraction of sp³-hybridized carbons (Fsp3) is 0.167.